The van der Waals surface area contributed by atoms with Gasteiger partial charge >= 0.3 is 0 Å². The summed E-state index contributed by atoms with van der Waals surface area (Å²) in [6.07, 6.45) is 0. The third kappa shape index (κ3) is 2.33. The number of anilines is 1. The van der Waals surface area contributed by atoms with Crippen LogP contribution in [0.3, 0.4) is 0 Å². The van der Waals surface area contributed by atoms with E-state index in [-0.39, 0.29) is 0 Å². The number of hydrogen-bond donors (Lipinski definition) is 1. The second kappa shape index (κ2) is 5.12. The SMILES string of the molecule is CC.Nc1nc2ccc(CCl)nc2s1. The van der Waals surface area contributed by atoms with Gasteiger partial charge in [0.25, 0.3) is 0 Å². The van der Waals surface area contributed by atoms with E-state index < -0.39 is 0 Å². The molecule has 0 aliphatic rings. The Bertz CT molecular complexity index is 413. The number of nitrogens with two attached hydrogens (primary N) is 1. The highest BCUT2D eigenvalue weighted by molar-refractivity contribution is 7.21. The zero-order valence-electron chi connectivity index (χ0n) is 8.12. The van der Waals surface area contributed by atoms with Crippen LogP contribution in [0, 0.1) is 0 Å². The third-order valence-electron chi connectivity index (χ3n) is 1.47. The number of fused-ring (bicyclic) bond motifs is 1. The molecule has 0 aromatic carbocycles. The molecule has 0 aliphatic heterocycles. The van der Waals surface area contributed by atoms with Crippen LogP contribution >= 0.6 is 22.9 Å². The van der Waals surface area contributed by atoms with Crippen LogP contribution in [0.25, 0.3) is 10.3 Å². The molecule has 0 bridgehead atoms. The maximum Gasteiger partial charge on any atom is 0.182 e. The highest BCUT2D eigenvalue weighted by atomic mass is 35.5. The van der Waals surface area contributed by atoms with Crippen LogP contribution in [0.4, 0.5) is 5.13 Å². The van der Waals surface area contributed by atoms with Gasteiger partial charge in [-0.25, -0.2) is 9.97 Å². The molecule has 0 atom stereocenters. The van der Waals surface area contributed by atoms with E-state index in [1.807, 2.05) is 26.0 Å². The summed E-state index contributed by atoms with van der Waals surface area (Å²) in [7, 11) is 0. The predicted octanol–water partition coefficient (Wildman–Crippen LogP) is 3.04. The second-order valence-corrected chi connectivity index (χ2v) is 3.59. The van der Waals surface area contributed by atoms with Gasteiger partial charge in [-0.2, -0.15) is 0 Å². The summed E-state index contributed by atoms with van der Waals surface area (Å²) >= 11 is 7.00. The highest BCUT2D eigenvalue weighted by Gasteiger charge is 2.02. The van der Waals surface area contributed by atoms with Crippen molar-refractivity contribution in [2.45, 2.75) is 19.7 Å². The Kier molecular flexibility index (Phi) is 4.10. The van der Waals surface area contributed by atoms with Gasteiger partial charge in [-0.15, -0.1) is 11.6 Å². The normalized spacial score (nSPS) is 9.64. The fourth-order valence-electron chi connectivity index (χ4n) is 0.947. The largest absolute Gasteiger partial charge is 0.375 e. The molecule has 3 nitrogen and oxygen atoms in total. The first-order chi connectivity index (χ1) is 6.79. The average Bonchev–Trinajstić information content (AvgIpc) is 2.59. The number of alkyl halides is 1. The molecule has 76 valence electrons. The fourth-order valence-corrected chi connectivity index (χ4v) is 1.82. The number of rotatable bonds is 1. The van der Waals surface area contributed by atoms with Crippen molar-refractivity contribution in [3.05, 3.63) is 17.8 Å². The third-order valence-corrected chi connectivity index (χ3v) is 2.53. The summed E-state index contributed by atoms with van der Waals surface area (Å²) in [6.45, 7) is 4.00. The van der Waals surface area contributed by atoms with Gasteiger partial charge in [0.2, 0.25) is 0 Å². The van der Waals surface area contributed by atoms with Gasteiger partial charge in [-0.3, -0.25) is 0 Å². The first-order valence-electron chi connectivity index (χ1n) is 4.37. The Balaban J connectivity index is 0.000000461. The molecule has 0 saturated carbocycles. The Morgan fingerprint density at radius 1 is 1.36 bits per heavy atom. The van der Waals surface area contributed by atoms with E-state index in [9.17, 15) is 0 Å². The van der Waals surface area contributed by atoms with Crippen molar-refractivity contribution in [1.29, 1.82) is 0 Å². The lowest BCUT2D eigenvalue weighted by molar-refractivity contribution is 1.22. The van der Waals surface area contributed by atoms with E-state index in [0.717, 1.165) is 16.0 Å². The molecule has 0 radical (unpaired) electrons. The van der Waals surface area contributed by atoms with Crippen LogP contribution in [-0.2, 0) is 5.88 Å². The molecule has 0 unspecified atom stereocenters. The van der Waals surface area contributed by atoms with E-state index >= 15 is 0 Å². The summed E-state index contributed by atoms with van der Waals surface area (Å²) in [5.74, 6) is 0.424. The van der Waals surface area contributed by atoms with Gasteiger partial charge in [0, 0.05) is 0 Å². The van der Waals surface area contributed by atoms with Crippen LogP contribution in [0.1, 0.15) is 19.5 Å². The topological polar surface area (TPSA) is 51.8 Å². The molecular weight excluding hydrogens is 218 g/mol. The number of nitrogens with zero attached hydrogens (tertiary/aromatic N) is 2. The lowest BCUT2D eigenvalue weighted by Gasteiger charge is -1.91. The van der Waals surface area contributed by atoms with E-state index in [4.69, 9.17) is 17.3 Å². The number of thiazole rings is 1. The summed E-state index contributed by atoms with van der Waals surface area (Å²) in [5.41, 5.74) is 7.21. The molecule has 0 fully saturated rings. The smallest absolute Gasteiger partial charge is 0.182 e. The zero-order chi connectivity index (χ0) is 10.6. The Hall–Kier alpha value is -0.870. The molecule has 2 rings (SSSR count). The van der Waals surface area contributed by atoms with Gasteiger partial charge in [0.05, 0.1) is 11.6 Å². The van der Waals surface area contributed by atoms with Gasteiger partial charge in [-0.1, -0.05) is 25.2 Å². The molecule has 2 aromatic rings. The number of nitrogen functional groups attached to an aromatic ring is 1. The van der Waals surface area contributed by atoms with Crippen LogP contribution in [0.15, 0.2) is 12.1 Å². The standard InChI is InChI=1S/C7H6ClN3S.C2H6/c8-3-4-1-2-5-6(10-4)12-7(9)11-5;1-2/h1-2H,3H2,(H2,9,11);1-2H3. The molecule has 0 saturated heterocycles. The van der Waals surface area contributed by atoms with E-state index in [0.29, 0.717) is 11.0 Å². The van der Waals surface area contributed by atoms with Crippen LogP contribution in [0.2, 0.25) is 0 Å². The first-order valence-corrected chi connectivity index (χ1v) is 5.72. The minimum Gasteiger partial charge on any atom is -0.375 e. The quantitative estimate of drug-likeness (QED) is 0.765. The van der Waals surface area contributed by atoms with E-state index in [2.05, 4.69) is 9.97 Å². The molecule has 2 aromatic heterocycles. The second-order valence-electron chi connectivity index (χ2n) is 2.31. The molecule has 14 heavy (non-hydrogen) atoms. The van der Waals surface area contributed by atoms with E-state index in [1.54, 1.807) is 0 Å². The highest BCUT2D eigenvalue weighted by Crippen LogP contribution is 2.21. The maximum absolute atomic E-state index is 5.62. The van der Waals surface area contributed by atoms with Crippen molar-refractivity contribution in [1.82, 2.24) is 9.97 Å². The van der Waals surface area contributed by atoms with E-state index in [1.165, 1.54) is 11.3 Å². The molecular formula is C9H12ClN3S. The Morgan fingerprint density at radius 2 is 2.07 bits per heavy atom. The van der Waals surface area contributed by atoms with Crippen molar-refractivity contribution in [2.24, 2.45) is 0 Å². The predicted molar refractivity (Wildman–Crippen MR) is 62.7 cm³/mol. The average molecular weight is 230 g/mol. The molecule has 0 aliphatic carbocycles. The fraction of sp³-hybridized carbons (Fsp3) is 0.333. The number of halogens is 1. The number of aromatic nitrogens is 2. The summed E-state index contributed by atoms with van der Waals surface area (Å²) in [6, 6.07) is 3.74. The molecule has 2 heterocycles. The van der Waals surface area contributed by atoms with Crippen LogP contribution in [0.5, 0.6) is 0 Å². The van der Waals surface area contributed by atoms with Gasteiger partial charge in [0.1, 0.15) is 10.3 Å². The van der Waals surface area contributed by atoms with Crippen molar-refractivity contribution in [2.75, 3.05) is 5.73 Å². The number of pyridine rings is 1. The van der Waals surface area contributed by atoms with Crippen LogP contribution in [-0.4, -0.2) is 9.97 Å². The lowest BCUT2D eigenvalue weighted by atomic mass is 10.4. The molecule has 5 heteroatoms. The summed E-state index contributed by atoms with van der Waals surface area (Å²) in [4.78, 5) is 9.19. The van der Waals surface area contributed by atoms with Gasteiger partial charge in [-0.05, 0) is 12.1 Å². The minimum absolute atomic E-state index is 0.424. The van der Waals surface area contributed by atoms with Crippen molar-refractivity contribution in [3.8, 4) is 0 Å². The monoisotopic (exact) mass is 229 g/mol. The van der Waals surface area contributed by atoms with Crippen molar-refractivity contribution in [3.63, 3.8) is 0 Å². The van der Waals surface area contributed by atoms with Crippen molar-refractivity contribution < 1.29 is 0 Å². The van der Waals surface area contributed by atoms with Gasteiger partial charge in [0.15, 0.2) is 5.13 Å². The zero-order valence-corrected chi connectivity index (χ0v) is 9.69. The Labute approximate surface area is 91.9 Å². The minimum atomic E-state index is 0.424. The van der Waals surface area contributed by atoms with Crippen molar-refractivity contribution >= 4 is 38.4 Å². The number of hydrogen-bond acceptors (Lipinski definition) is 4. The van der Waals surface area contributed by atoms with Gasteiger partial charge < -0.3 is 5.73 Å². The summed E-state index contributed by atoms with van der Waals surface area (Å²) < 4.78 is 0. The Morgan fingerprint density at radius 3 is 2.71 bits per heavy atom. The molecule has 0 amide bonds. The first kappa shape index (κ1) is 11.2. The molecule has 0 spiro atoms. The van der Waals surface area contributed by atoms with Crippen LogP contribution < -0.4 is 5.73 Å². The summed E-state index contributed by atoms with van der Waals surface area (Å²) in [5, 5.41) is 0.546. The lowest BCUT2D eigenvalue weighted by Crippen LogP contribution is -1.83. The maximum atomic E-state index is 5.62. The molecule has 2 N–H and O–H groups in total.